The van der Waals surface area contributed by atoms with Gasteiger partial charge in [0, 0.05) is 18.0 Å². The second kappa shape index (κ2) is 8.67. The highest BCUT2D eigenvalue weighted by Crippen LogP contribution is 2.15. The molecule has 24 heavy (non-hydrogen) atoms. The van der Waals surface area contributed by atoms with E-state index in [0.29, 0.717) is 5.56 Å². The largest absolute Gasteiger partial charge is 0.461 e. The number of ether oxygens (including phenoxy) is 2. The van der Waals surface area contributed by atoms with Crippen LogP contribution >= 0.6 is 0 Å². The molecule has 0 spiro atoms. The lowest BCUT2D eigenvalue weighted by atomic mass is 10.1. The number of alkyl carbamates (subject to hydrolysis) is 1. The Morgan fingerprint density at radius 2 is 1.88 bits per heavy atom. The van der Waals surface area contributed by atoms with E-state index in [9.17, 15) is 9.59 Å². The second-order valence-electron chi connectivity index (χ2n) is 5.41. The topological polar surface area (TPSA) is 77.5 Å². The van der Waals surface area contributed by atoms with Gasteiger partial charge in [0.1, 0.15) is 6.61 Å². The van der Waals surface area contributed by atoms with Crippen LogP contribution in [0.1, 0.15) is 31.0 Å². The maximum atomic E-state index is 12.2. The zero-order valence-electron chi connectivity index (χ0n) is 13.6. The Bertz CT molecular complexity index is 659. The van der Waals surface area contributed by atoms with Crippen LogP contribution < -0.4 is 5.32 Å². The summed E-state index contributed by atoms with van der Waals surface area (Å²) < 4.78 is 10.4. The fraction of sp³-hybridized carbons (Fsp3) is 0.278. The number of amides is 1. The molecule has 0 saturated carbocycles. The summed E-state index contributed by atoms with van der Waals surface area (Å²) in [6.45, 7) is 3.60. The summed E-state index contributed by atoms with van der Waals surface area (Å²) in [6.07, 6.45) is 2.10. The zero-order chi connectivity index (χ0) is 17.4. The van der Waals surface area contributed by atoms with E-state index in [1.54, 1.807) is 32.2 Å². The van der Waals surface area contributed by atoms with Crippen LogP contribution in [0.3, 0.4) is 0 Å². The van der Waals surface area contributed by atoms with E-state index in [4.69, 9.17) is 9.47 Å². The summed E-state index contributed by atoms with van der Waals surface area (Å²) in [6, 6.07) is 11.7. The molecule has 0 aliphatic rings. The molecule has 1 aromatic heterocycles. The number of rotatable bonds is 6. The van der Waals surface area contributed by atoms with Crippen LogP contribution in [0.25, 0.3) is 0 Å². The molecule has 1 aromatic carbocycles. The van der Waals surface area contributed by atoms with Crippen LogP contribution in [0.15, 0.2) is 54.9 Å². The summed E-state index contributed by atoms with van der Waals surface area (Å²) >= 11 is 0. The van der Waals surface area contributed by atoms with Gasteiger partial charge in [0.05, 0.1) is 6.10 Å². The van der Waals surface area contributed by atoms with Gasteiger partial charge in [-0.25, -0.2) is 9.59 Å². The van der Waals surface area contributed by atoms with Crippen molar-refractivity contribution in [2.24, 2.45) is 0 Å². The SMILES string of the molecule is CC(C)OC(=O)C(NC(=O)OCc1ccccc1)c1cccnc1. The smallest absolute Gasteiger partial charge is 0.408 e. The lowest BCUT2D eigenvalue weighted by molar-refractivity contribution is -0.150. The van der Waals surface area contributed by atoms with Gasteiger partial charge in [-0.2, -0.15) is 0 Å². The minimum Gasteiger partial charge on any atom is -0.461 e. The van der Waals surface area contributed by atoms with E-state index in [-0.39, 0.29) is 12.7 Å². The normalized spacial score (nSPS) is 11.6. The van der Waals surface area contributed by atoms with E-state index in [1.807, 2.05) is 30.3 Å². The molecule has 2 rings (SSSR count). The Balaban J connectivity index is 2.02. The number of hydrogen-bond acceptors (Lipinski definition) is 5. The van der Waals surface area contributed by atoms with E-state index >= 15 is 0 Å². The molecular formula is C18H20N2O4. The number of benzene rings is 1. The molecule has 0 saturated heterocycles. The first kappa shape index (κ1) is 17.5. The zero-order valence-corrected chi connectivity index (χ0v) is 13.6. The minimum absolute atomic E-state index is 0.117. The molecule has 1 heterocycles. The van der Waals surface area contributed by atoms with Crippen molar-refractivity contribution in [3.63, 3.8) is 0 Å². The van der Waals surface area contributed by atoms with Crippen molar-refractivity contribution < 1.29 is 19.1 Å². The Kier molecular flexibility index (Phi) is 6.31. The van der Waals surface area contributed by atoms with Gasteiger partial charge in [-0.3, -0.25) is 4.98 Å². The number of esters is 1. The van der Waals surface area contributed by atoms with Crippen molar-refractivity contribution in [3.8, 4) is 0 Å². The number of aromatic nitrogens is 1. The maximum Gasteiger partial charge on any atom is 0.408 e. The number of pyridine rings is 1. The van der Waals surface area contributed by atoms with E-state index < -0.39 is 18.1 Å². The highest BCUT2D eigenvalue weighted by atomic mass is 16.6. The highest BCUT2D eigenvalue weighted by Gasteiger charge is 2.26. The standard InChI is InChI=1S/C18H20N2O4/c1-13(2)24-17(21)16(15-9-6-10-19-11-15)20-18(22)23-12-14-7-4-3-5-8-14/h3-11,13,16H,12H2,1-2H3,(H,20,22). The Morgan fingerprint density at radius 3 is 2.50 bits per heavy atom. The van der Waals surface area contributed by atoms with Gasteiger partial charge in [-0.05, 0) is 25.5 Å². The molecule has 1 atom stereocenters. The van der Waals surface area contributed by atoms with Gasteiger partial charge in [-0.1, -0.05) is 36.4 Å². The molecule has 0 fully saturated rings. The van der Waals surface area contributed by atoms with Crippen LogP contribution in [-0.4, -0.2) is 23.2 Å². The van der Waals surface area contributed by atoms with Gasteiger partial charge >= 0.3 is 12.1 Å². The Hall–Kier alpha value is -2.89. The predicted octanol–water partition coefficient (Wildman–Crippen LogP) is 3.00. The average molecular weight is 328 g/mol. The molecule has 126 valence electrons. The molecule has 0 aliphatic heterocycles. The lowest BCUT2D eigenvalue weighted by Crippen LogP contribution is -2.36. The number of nitrogens with zero attached hydrogens (tertiary/aromatic N) is 1. The first-order valence-corrected chi connectivity index (χ1v) is 7.64. The van der Waals surface area contributed by atoms with Crippen molar-refractivity contribution >= 4 is 12.1 Å². The third-order valence-electron chi connectivity index (χ3n) is 3.08. The van der Waals surface area contributed by atoms with E-state index in [1.165, 1.54) is 6.20 Å². The van der Waals surface area contributed by atoms with E-state index in [0.717, 1.165) is 5.56 Å². The molecule has 0 bridgehead atoms. The molecule has 1 unspecified atom stereocenters. The quantitative estimate of drug-likeness (QED) is 0.825. The summed E-state index contributed by atoms with van der Waals surface area (Å²) in [5.41, 5.74) is 1.38. The van der Waals surface area contributed by atoms with Gasteiger partial charge in [0.2, 0.25) is 0 Å². The first-order chi connectivity index (χ1) is 11.6. The molecule has 2 aromatic rings. The highest BCUT2D eigenvalue weighted by molar-refractivity contribution is 5.82. The van der Waals surface area contributed by atoms with Crippen molar-refractivity contribution in [2.75, 3.05) is 0 Å². The number of hydrogen-bond donors (Lipinski definition) is 1. The van der Waals surface area contributed by atoms with Crippen molar-refractivity contribution in [1.29, 1.82) is 0 Å². The number of nitrogens with one attached hydrogen (secondary N) is 1. The summed E-state index contributed by atoms with van der Waals surface area (Å²) in [5.74, 6) is -0.560. The Morgan fingerprint density at radius 1 is 1.12 bits per heavy atom. The van der Waals surface area contributed by atoms with E-state index in [2.05, 4.69) is 10.3 Å². The molecule has 1 N–H and O–H groups in total. The van der Waals surface area contributed by atoms with Gasteiger partial charge < -0.3 is 14.8 Å². The number of carbonyl (C=O) groups is 2. The minimum atomic E-state index is -0.968. The monoisotopic (exact) mass is 328 g/mol. The molecule has 0 aliphatic carbocycles. The summed E-state index contributed by atoms with van der Waals surface area (Å²) in [4.78, 5) is 28.2. The van der Waals surface area contributed by atoms with Gasteiger partial charge in [-0.15, -0.1) is 0 Å². The van der Waals surface area contributed by atoms with Gasteiger partial charge in [0.25, 0.3) is 0 Å². The van der Waals surface area contributed by atoms with Crippen LogP contribution in [0.5, 0.6) is 0 Å². The van der Waals surface area contributed by atoms with Crippen LogP contribution in [-0.2, 0) is 20.9 Å². The molecule has 1 amide bonds. The maximum absolute atomic E-state index is 12.2. The Labute approximate surface area is 140 Å². The second-order valence-corrected chi connectivity index (χ2v) is 5.41. The van der Waals surface area contributed by atoms with Crippen LogP contribution in [0.2, 0.25) is 0 Å². The fourth-order valence-corrected chi connectivity index (χ4v) is 2.01. The fourth-order valence-electron chi connectivity index (χ4n) is 2.01. The molecule has 6 heteroatoms. The summed E-state index contributed by atoms with van der Waals surface area (Å²) in [5, 5.41) is 2.53. The van der Waals surface area contributed by atoms with Crippen molar-refractivity contribution in [1.82, 2.24) is 10.3 Å². The number of carbonyl (C=O) groups excluding carboxylic acids is 2. The molecule has 6 nitrogen and oxygen atoms in total. The van der Waals surface area contributed by atoms with Crippen molar-refractivity contribution in [3.05, 3.63) is 66.0 Å². The molecule has 0 radical (unpaired) electrons. The van der Waals surface area contributed by atoms with Crippen LogP contribution in [0, 0.1) is 0 Å². The molecular weight excluding hydrogens is 308 g/mol. The third-order valence-corrected chi connectivity index (χ3v) is 3.08. The predicted molar refractivity (Wildman–Crippen MR) is 88.0 cm³/mol. The third kappa shape index (κ3) is 5.39. The van der Waals surface area contributed by atoms with Crippen LogP contribution in [0.4, 0.5) is 4.79 Å². The first-order valence-electron chi connectivity index (χ1n) is 7.64. The lowest BCUT2D eigenvalue weighted by Gasteiger charge is -2.19. The van der Waals surface area contributed by atoms with Crippen molar-refractivity contribution in [2.45, 2.75) is 32.6 Å². The average Bonchev–Trinajstić information content (AvgIpc) is 2.59. The summed E-state index contributed by atoms with van der Waals surface area (Å²) in [7, 11) is 0. The van der Waals surface area contributed by atoms with Gasteiger partial charge in [0.15, 0.2) is 6.04 Å².